The van der Waals surface area contributed by atoms with E-state index in [0.29, 0.717) is 0 Å². The van der Waals surface area contributed by atoms with Crippen LogP contribution in [0.3, 0.4) is 0 Å². The van der Waals surface area contributed by atoms with Crippen molar-refractivity contribution in [1.29, 1.82) is 0 Å². The lowest BCUT2D eigenvalue weighted by Crippen LogP contribution is -2.47. The Morgan fingerprint density at radius 3 is 2.82 bits per heavy atom. The molecule has 1 saturated heterocycles. The Bertz CT molecular complexity index is 733. The first-order valence-corrected chi connectivity index (χ1v) is 11.0. The molecule has 0 radical (unpaired) electrons. The lowest BCUT2D eigenvalue weighted by molar-refractivity contribution is -0.104. The van der Waals surface area contributed by atoms with E-state index in [2.05, 4.69) is 22.8 Å². The van der Waals surface area contributed by atoms with Crippen LogP contribution >= 0.6 is 35.3 Å². The predicted octanol–water partition coefficient (Wildman–Crippen LogP) is 5.31. The molecule has 0 unspecified atom stereocenters. The Balaban J connectivity index is 0.00000225. The number of nitrogens with zero attached hydrogens (tertiary/aromatic N) is 1. The van der Waals surface area contributed by atoms with Crippen LogP contribution in [0.1, 0.15) is 55.5 Å². The third kappa shape index (κ3) is 4.71. The number of halogens is 1. The number of hydrogen-bond acceptors (Lipinski definition) is 5. The molecule has 1 N–H and O–H groups in total. The van der Waals surface area contributed by atoms with Gasteiger partial charge in [-0.2, -0.15) is 0 Å². The van der Waals surface area contributed by atoms with Gasteiger partial charge < -0.3 is 14.8 Å². The zero-order chi connectivity index (χ0) is 18.6. The van der Waals surface area contributed by atoms with E-state index in [-0.39, 0.29) is 35.0 Å². The summed E-state index contributed by atoms with van der Waals surface area (Å²) in [5.41, 5.74) is 1.46. The Morgan fingerprint density at radius 2 is 2.07 bits per heavy atom. The van der Waals surface area contributed by atoms with Crippen molar-refractivity contribution in [3.63, 3.8) is 0 Å². The molecular formula is C22H31IN2O2S. The molecule has 2 aromatic rings. The highest BCUT2D eigenvalue weighted by molar-refractivity contribution is 14.0. The zero-order valence-corrected chi connectivity index (χ0v) is 19.8. The summed E-state index contributed by atoms with van der Waals surface area (Å²) >= 11 is 1.75. The molecule has 0 bridgehead atoms. The normalized spacial score (nSPS) is 23.5. The standard InChI is InChI=1S/C22H30N2O2S.HI/c1-25-18-7-15-27-19(18)16-23-13-10-21(20-6-2-5-12-24-20)11-14-26-22(17-21)8-3-4-9-22;/h2,5-7,12,15,23H,3-4,8-11,13-14,16-17H2,1H3;1H/t21-;/m1./s1. The lowest BCUT2D eigenvalue weighted by Gasteiger charge is -2.46. The minimum absolute atomic E-state index is 0. The highest BCUT2D eigenvalue weighted by Gasteiger charge is 2.48. The van der Waals surface area contributed by atoms with Crippen LogP contribution in [0.5, 0.6) is 5.75 Å². The van der Waals surface area contributed by atoms with E-state index in [1.165, 1.54) is 36.3 Å². The highest BCUT2D eigenvalue weighted by atomic mass is 127. The van der Waals surface area contributed by atoms with E-state index in [4.69, 9.17) is 14.5 Å². The van der Waals surface area contributed by atoms with E-state index in [0.717, 1.165) is 44.7 Å². The van der Waals surface area contributed by atoms with Crippen LogP contribution in [0.4, 0.5) is 0 Å². The molecule has 6 heteroatoms. The molecule has 3 heterocycles. The summed E-state index contributed by atoms with van der Waals surface area (Å²) in [5.74, 6) is 0.989. The molecular weight excluding hydrogens is 483 g/mol. The number of methoxy groups -OCH3 is 1. The molecule has 2 aromatic heterocycles. The van der Waals surface area contributed by atoms with Gasteiger partial charge in [0.25, 0.3) is 0 Å². The monoisotopic (exact) mass is 514 g/mol. The van der Waals surface area contributed by atoms with Gasteiger partial charge >= 0.3 is 0 Å². The Kier molecular flexibility index (Phi) is 7.75. The van der Waals surface area contributed by atoms with Crippen molar-refractivity contribution >= 4 is 35.3 Å². The third-order valence-electron chi connectivity index (χ3n) is 6.36. The topological polar surface area (TPSA) is 43.4 Å². The van der Waals surface area contributed by atoms with Gasteiger partial charge in [0.2, 0.25) is 0 Å². The van der Waals surface area contributed by atoms with Gasteiger partial charge in [-0.05, 0) is 62.2 Å². The van der Waals surface area contributed by atoms with Gasteiger partial charge in [-0.15, -0.1) is 35.3 Å². The summed E-state index contributed by atoms with van der Waals surface area (Å²) in [6.07, 6.45) is 10.2. The average molecular weight is 514 g/mol. The first-order valence-electron chi connectivity index (χ1n) is 10.1. The van der Waals surface area contributed by atoms with Gasteiger partial charge in [-0.1, -0.05) is 18.9 Å². The second-order valence-electron chi connectivity index (χ2n) is 8.00. The summed E-state index contributed by atoms with van der Waals surface area (Å²) in [7, 11) is 1.74. The smallest absolute Gasteiger partial charge is 0.134 e. The number of pyridine rings is 1. The molecule has 154 valence electrons. The molecule has 4 nitrogen and oxygen atoms in total. The quantitative estimate of drug-likeness (QED) is 0.402. The largest absolute Gasteiger partial charge is 0.496 e. The average Bonchev–Trinajstić information content (AvgIpc) is 3.35. The number of nitrogens with one attached hydrogen (secondary N) is 1. The van der Waals surface area contributed by atoms with Gasteiger partial charge in [0.1, 0.15) is 5.75 Å². The van der Waals surface area contributed by atoms with Crippen LogP contribution in [0.2, 0.25) is 0 Å². The Hall–Kier alpha value is -0.700. The van der Waals surface area contributed by atoms with E-state index in [9.17, 15) is 0 Å². The number of rotatable bonds is 7. The molecule has 1 saturated carbocycles. The molecule has 0 amide bonds. The summed E-state index contributed by atoms with van der Waals surface area (Å²) in [6.45, 7) is 2.70. The minimum atomic E-state index is 0. The molecule has 1 spiro atoms. The van der Waals surface area contributed by atoms with Crippen molar-refractivity contribution < 1.29 is 9.47 Å². The number of ether oxygens (including phenoxy) is 2. The molecule has 1 aliphatic carbocycles. The van der Waals surface area contributed by atoms with Crippen LogP contribution < -0.4 is 10.1 Å². The van der Waals surface area contributed by atoms with E-state index in [1.54, 1.807) is 18.4 Å². The molecule has 2 aliphatic rings. The van der Waals surface area contributed by atoms with Crippen LogP contribution in [0.25, 0.3) is 0 Å². The number of thiophene rings is 1. The minimum Gasteiger partial charge on any atom is -0.496 e. The van der Waals surface area contributed by atoms with Crippen molar-refractivity contribution in [2.45, 2.75) is 62.5 Å². The van der Waals surface area contributed by atoms with Crippen molar-refractivity contribution in [3.8, 4) is 5.75 Å². The van der Waals surface area contributed by atoms with Gasteiger partial charge in [0, 0.05) is 30.5 Å². The van der Waals surface area contributed by atoms with Gasteiger partial charge in [0.05, 0.1) is 17.6 Å². The fourth-order valence-electron chi connectivity index (χ4n) is 4.97. The van der Waals surface area contributed by atoms with E-state index < -0.39 is 0 Å². The predicted molar refractivity (Wildman–Crippen MR) is 125 cm³/mol. The van der Waals surface area contributed by atoms with Crippen molar-refractivity contribution in [1.82, 2.24) is 10.3 Å². The summed E-state index contributed by atoms with van der Waals surface area (Å²) in [4.78, 5) is 6.05. The second-order valence-corrected chi connectivity index (χ2v) is 9.00. The molecule has 4 rings (SSSR count). The van der Waals surface area contributed by atoms with Crippen LogP contribution in [0, 0.1) is 0 Å². The lowest BCUT2D eigenvalue weighted by atomic mass is 9.68. The molecule has 0 aromatic carbocycles. The van der Waals surface area contributed by atoms with E-state index >= 15 is 0 Å². The van der Waals surface area contributed by atoms with Crippen LogP contribution in [0.15, 0.2) is 35.8 Å². The number of hydrogen-bond donors (Lipinski definition) is 1. The van der Waals surface area contributed by atoms with Crippen molar-refractivity contribution in [3.05, 3.63) is 46.4 Å². The van der Waals surface area contributed by atoms with Crippen molar-refractivity contribution in [2.24, 2.45) is 0 Å². The first-order chi connectivity index (χ1) is 13.3. The first kappa shape index (κ1) is 22.0. The van der Waals surface area contributed by atoms with Crippen molar-refractivity contribution in [2.75, 3.05) is 20.3 Å². The SMILES string of the molecule is COc1ccsc1CNCC[C@@]1(c2ccccn2)CCOC2(CCCC2)C1.I. The maximum Gasteiger partial charge on any atom is 0.134 e. The van der Waals surface area contributed by atoms with Gasteiger partial charge in [-0.3, -0.25) is 4.98 Å². The second kappa shape index (κ2) is 9.87. The molecule has 2 fully saturated rings. The molecule has 1 aliphatic heterocycles. The summed E-state index contributed by atoms with van der Waals surface area (Å²) in [6, 6.07) is 8.41. The van der Waals surface area contributed by atoms with Gasteiger partial charge in [-0.25, -0.2) is 0 Å². The van der Waals surface area contributed by atoms with Gasteiger partial charge in [0.15, 0.2) is 0 Å². The number of aromatic nitrogens is 1. The fourth-order valence-corrected chi connectivity index (χ4v) is 5.77. The fraction of sp³-hybridized carbons (Fsp3) is 0.591. The molecule has 28 heavy (non-hydrogen) atoms. The highest BCUT2D eigenvalue weighted by Crippen LogP contribution is 2.49. The maximum absolute atomic E-state index is 6.34. The maximum atomic E-state index is 6.34. The van der Waals surface area contributed by atoms with Crippen LogP contribution in [-0.4, -0.2) is 30.8 Å². The summed E-state index contributed by atoms with van der Waals surface area (Å²) < 4.78 is 11.8. The zero-order valence-electron chi connectivity index (χ0n) is 16.6. The summed E-state index contributed by atoms with van der Waals surface area (Å²) in [5, 5.41) is 5.74. The Labute approximate surface area is 189 Å². The van der Waals surface area contributed by atoms with Crippen LogP contribution in [-0.2, 0) is 16.7 Å². The van der Waals surface area contributed by atoms with E-state index in [1.807, 2.05) is 18.3 Å². The molecule has 1 atom stereocenters. The third-order valence-corrected chi connectivity index (χ3v) is 7.26. The Morgan fingerprint density at radius 1 is 1.21 bits per heavy atom.